The Morgan fingerprint density at radius 2 is 1.79 bits per heavy atom. The van der Waals surface area contributed by atoms with Gasteiger partial charge >= 0.3 is 0 Å². The quantitative estimate of drug-likeness (QED) is 0.404. The van der Waals surface area contributed by atoms with E-state index in [0.29, 0.717) is 73.6 Å². The van der Waals surface area contributed by atoms with Gasteiger partial charge in [-0.3, -0.25) is 4.79 Å². The lowest BCUT2D eigenvalue weighted by Crippen LogP contribution is -2.41. The number of rotatable bonds is 8. The van der Waals surface area contributed by atoms with Crippen LogP contribution in [0.25, 0.3) is 11.1 Å². The van der Waals surface area contributed by atoms with Crippen LogP contribution in [0.3, 0.4) is 0 Å². The van der Waals surface area contributed by atoms with Crippen molar-refractivity contribution in [1.29, 1.82) is 0 Å². The van der Waals surface area contributed by atoms with E-state index in [1.54, 1.807) is 30.6 Å². The van der Waals surface area contributed by atoms with Crippen LogP contribution in [-0.4, -0.2) is 53.5 Å². The van der Waals surface area contributed by atoms with Gasteiger partial charge in [-0.2, -0.15) is 5.10 Å². The van der Waals surface area contributed by atoms with Crippen LogP contribution >= 0.6 is 0 Å². The summed E-state index contributed by atoms with van der Waals surface area (Å²) in [6.45, 7) is 1.48. The molecule has 3 heterocycles. The molecule has 7 nitrogen and oxygen atoms in total. The van der Waals surface area contributed by atoms with E-state index in [9.17, 15) is 18.0 Å². The van der Waals surface area contributed by atoms with Crippen molar-refractivity contribution in [3.8, 4) is 16.9 Å². The van der Waals surface area contributed by atoms with Crippen LogP contribution in [0.4, 0.5) is 19.0 Å². The molecule has 2 aliphatic rings. The number of carbonyl (C=O) groups is 1. The lowest BCUT2D eigenvalue weighted by molar-refractivity contribution is -0.138. The van der Waals surface area contributed by atoms with Gasteiger partial charge < -0.3 is 14.7 Å². The van der Waals surface area contributed by atoms with Gasteiger partial charge in [0.05, 0.1) is 12.6 Å². The number of hydrogen-bond acceptors (Lipinski definition) is 6. The molecule has 1 saturated heterocycles. The smallest absolute Gasteiger partial charge is 0.246 e. The lowest BCUT2D eigenvalue weighted by Gasteiger charge is -2.34. The summed E-state index contributed by atoms with van der Waals surface area (Å²) in [6.07, 6.45) is 5.23. The van der Waals surface area contributed by atoms with Crippen molar-refractivity contribution in [2.24, 2.45) is 11.0 Å². The number of hydrogen-bond donors (Lipinski definition) is 1. The number of benzene rings is 2. The molecule has 0 saturated carbocycles. The van der Waals surface area contributed by atoms with Gasteiger partial charge in [-0.1, -0.05) is 0 Å². The Balaban J connectivity index is 1.25. The van der Waals surface area contributed by atoms with Crippen molar-refractivity contribution in [3.63, 3.8) is 0 Å². The molecule has 0 radical (unpaired) electrons. The largest absolute Gasteiger partial charge is 0.493 e. The maximum Gasteiger partial charge on any atom is 0.246 e. The molecule has 1 unspecified atom stereocenters. The third-order valence-electron chi connectivity index (χ3n) is 7.06. The van der Waals surface area contributed by atoms with Gasteiger partial charge in [0.25, 0.3) is 0 Å². The topological polar surface area (TPSA) is 78.3 Å². The van der Waals surface area contributed by atoms with Gasteiger partial charge in [0.2, 0.25) is 5.91 Å². The zero-order chi connectivity index (χ0) is 27.4. The number of pyridine rings is 1. The number of piperidine rings is 1. The molecule has 10 heteroatoms. The Hall–Kier alpha value is -3.92. The molecule has 204 valence electrons. The first-order chi connectivity index (χ1) is 18.9. The summed E-state index contributed by atoms with van der Waals surface area (Å²) < 4.78 is 47.8. The maximum atomic E-state index is 14.7. The predicted octanol–water partition coefficient (Wildman–Crippen LogP) is 5.10. The minimum absolute atomic E-state index is 0.0167. The fourth-order valence-electron chi connectivity index (χ4n) is 5.04. The third kappa shape index (κ3) is 6.06. The summed E-state index contributed by atoms with van der Waals surface area (Å²) in [5.41, 5.74) is 1.42. The number of halogens is 3. The second-order valence-corrected chi connectivity index (χ2v) is 9.67. The van der Waals surface area contributed by atoms with Crippen molar-refractivity contribution in [1.82, 2.24) is 9.99 Å². The van der Waals surface area contributed by atoms with Crippen LogP contribution in [0.5, 0.6) is 5.75 Å². The summed E-state index contributed by atoms with van der Waals surface area (Å²) in [6, 6.07) is 10.8. The molecule has 1 amide bonds. The summed E-state index contributed by atoms with van der Waals surface area (Å²) in [5.74, 6) is -1.02. The number of anilines is 1. The molecular weight excluding hydrogens is 509 g/mol. The van der Waals surface area contributed by atoms with Crippen molar-refractivity contribution in [3.05, 3.63) is 77.7 Å². The average Bonchev–Trinajstić information content (AvgIpc) is 3.44. The number of aromatic nitrogens is 1. The molecule has 0 spiro atoms. The highest BCUT2D eigenvalue weighted by atomic mass is 19.1. The molecule has 1 atom stereocenters. The van der Waals surface area contributed by atoms with Gasteiger partial charge in [0, 0.05) is 62.5 Å². The van der Waals surface area contributed by atoms with Gasteiger partial charge in [-0.15, -0.1) is 0 Å². The minimum atomic E-state index is -0.687. The number of ether oxygens (including phenoxy) is 1. The summed E-state index contributed by atoms with van der Waals surface area (Å²) in [5, 5.41) is 14.5. The Morgan fingerprint density at radius 3 is 2.54 bits per heavy atom. The number of nitrogens with zero attached hydrogens (tertiary/aromatic N) is 4. The van der Waals surface area contributed by atoms with E-state index in [0.717, 1.165) is 6.07 Å². The third-order valence-corrected chi connectivity index (χ3v) is 7.06. The van der Waals surface area contributed by atoms with E-state index in [4.69, 9.17) is 9.84 Å². The summed E-state index contributed by atoms with van der Waals surface area (Å²) in [4.78, 5) is 19.8. The number of hydrazone groups is 1. The number of aliphatic hydroxyl groups excluding tert-OH is 1. The van der Waals surface area contributed by atoms with Gasteiger partial charge in [-0.05, 0) is 66.4 Å². The molecular formula is C29H29F3N4O3. The van der Waals surface area contributed by atoms with E-state index < -0.39 is 17.7 Å². The normalized spacial score (nSPS) is 17.6. The van der Waals surface area contributed by atoms with E-state index in [1.807, 2.05) is 6.07 Å². The lowest BCUT2D eigenvalue weighted by atomic mass is 9.94. The molecule has 1 fully saturated rings. The molecule has 5 rings (SSSR count). The molecule has 0 aliphatic carbocycles. The van der Waals surface area contributed by atoms with Crippen LogP contribution in [0, 0.1) is 23.4 Å². The minimum Gasteiger partial charge on any atom is -0.493 e. The second kappa shape index (κ2) is 11.9. The van der Waals surface area contributed by atoms with Crippen LogP contribution in [0.2, 0.25) is 0 Å². The van der Waals surface area contributed by atoms with Crippen LogP contribution in [0.1, 0.15) is 37.3 Å². The Morgan fingerprint density at radius 1 is 1.03 bits per heavy atom. The Bertz CT molecular complexity index is 1340. The zero-order valence-electron chi connectivity index (χ0n) is 21.3. The first kappa shape index (κ1) is 26.7. The predicted molar refractivity (Wildman–Crippen MR) is 141 cm³/mol. The van der Waals surface area contributed by atoms with E-state index in [-0.39, 0.29) is 24.2 Å². The first-order valence-electron chi connectivity index (χ1n) is 13.0. The van der Waals surface area contributed by atoms with Crippen molar-refractivity contribution in [2.75, 3.05) is 31.2 Å². The molecule has 2 aliphatic heterocycles. The van der Waals surface area contributed by atoms with Crippen molar-refractivity contribution < 1.29 is 27.8 Å². The molecule has 3 aromatic rings. The monoisotopic (exact) mass is 538 g/mol. The van der Waals surface area contributed by atoms with Crippen LogP contribution < -0.4 is 9.64 Å². The highest BCUT2D eigenvalue weighted by Crippen LogP contribution is 2.34. The van der Waals surface area contributed by atoms with E-state index in [1.165, 1.54) is 23.2 Å². The fraction of sp³-hybridized carbons (Fsp3) is 0.345. The standard InChI is InChI=1S/C29H29F3N4O3/c30-22-14-21(15-23(31)17-22)27-5-9-34-36(27)29(38)19-6-10-35(11-7-19)28-16-20(4-8-33-28)25-18-24(2-3-26(25)32)39-13-1-12-37/h2-4,8-9,14-19,27,37H,1,5-7,10-13H2. The summed E-state index contributed by atoms with van der Waals surface area (Å²) >= 11 is 0. The molecule has 2 aromatic carbocycles. The number of aliphatic hydroxyl groups is 1. The molecule has 1 N–H and O–H groups in total. The van der Waals surface area contributed by atoms with Gasteiger partial charge in [-0.25, -0.2) is 23.2 Å². The average molecular weight is 539 g/mol. The molecule has 0 bridgehead atoms. The van der Waals surface area contributed by atoms with Crippen molar-refractivity contribution >= 4 is 17.9 Å². The van der Waals surface area contributed by atoms with Gasteiger partial charge in [0.15, 0.2) is 0 Å². The highest BCUT2D eigenvalue weighted by molar-refractivity contribution is 5.82. The van der Waals surface area contributed by atoms with Gasteiger partial charge in [0.1, 0.15) is 29.0 Å². The van der Waals surface area contributed by atoms with E-state index >= 15 is 0 Å². The fourth-order valence-corrected chi connectivity index (χ4v) is 5.04. The molecule has 1 aromatic heterocycles. The second-order valence-electron chi connectivity index (χ2n) is 9.67. The summed E-state index contributed by atoms with van der Waals surface area (Å²) in [7, 11) is 0. The van der Waals surface area contributed by atoms with Crippen LogP contribution in [0.15, 0.2) is 59.8 Å². The Kier molecular flexibility index (Phi) is 8.11. The van der Waals surface area contributed by atoms with Crippen LogP contribution in [-0.2, 0) is 4.79 Å². The number of amides is 1. The SMILES string of the molecule is O=C(C1CCN(c2cc(-c3cc(OCCCO)ccc3F)ccn2)CC1)N1N=CCC1c1cc(F)cc(F)c1. The van der Waals surface area contributed by atoms with E-state index in [2.05, 4.69) is 15.0 Å². The zero-order valence-corrected chi connectivity index (χ0v) is 21.3. The molecule has 39 heavy (non-hydrogen) atoms. The Labute approximate surface area is 224 Å². The number of carbonyl (C=O) groups excluding carboxylic acids is 1. The maximum absolute atomic E-state index is 14.7. The highest BCUT2D eigenvalue weighted by Gasteiger charge is 2.35. The van der Waals surface area contributed by atoms with Crippen molar-refractivity contribution in [2.45, 2.75) is 31.7 Å². The first-order valence-corrected chi connectivity index (χ1v) is 13.0.